The first-order valence-corrected chi connectivity index (χ1v) is 8.48. The molecular weight excluding hydrogens is 343 g/mol. The molecule has 1 aliphatic carbocycles. The molecule has 1 heterocycles. The van der Waals surface area contributed by atoms with Gasteiger partial charge in [0.1, 0.15) is 17.4 Å². The third kappa shape index (κ3) is 4.64. The van der Waals surface area contributed by atoms with Crippen molar-refractivity contribution in [1.82, 2.24) is 4.90 Å². The average molecular weight is 366 g/mol. The smallest absolute Gasteiger partial charge is 0.435 e. The zero-order valence-corrected chi connectivity index (χ0v) is 14.6. The highest BCUT2D eigenvalue weighted by Gasteiger charge is 2.37. The van der Waals surface area contributed by atoms with Crippen LogP contribution in [0.25, 0.3) is 0 Å². The topological polar surface area (TPSA) is 139 Å². The lowest BCUT2D eigenvalue weighted by molar-refractivity contribution is -0.144. The lowest BCUT2D eigenvalue weighted by atomic mass is 9.87. The molecule has 2 atom stereocenters. The molecule has 2 amide bonds. The van der Waals surface area contributed by atoms with Gasteiger partial charge in [-0.2, -0.15) is 0 Å². The van der Waals surface area contributed by atoms with Gasteiger partial charge in [-0.1, -0.05) is 13.0 Å². The number of amides is 2. The van der Waals surface area contributed by atoms with Crippen LogP contribution in [0.15, 0.2) is 23.5 Å². The standard InChI is InChI=1S/C16H23BN2O7/c1-2-9-3-4-11(14(16(22)23)15(9)26-17-24)25-10-7-19(8-10)13(21)6-5-12(18)20/h3-4,9-10,15,17,24H,2,5-8H2,1H3,(H2,18,20)(H,22,23). The minimum absolute atomic E-state index is 0.00348. The second kappa shape index (κ2) is 8.86. The van der Waals surface area contributed by atoms with Gasteiger partial charge in [-0.15, -0.1) is 0 Å². The van der Waals surface area contributed by atoms with E-state index in [-0.39, 0.29) is 42.1 Å². The summed E-state index contributed by atoms with van der Waals surface area (Å²) >= 11 is 0. The van der Waals surface area contributed by atoms with Crippen molar-refractivity contribution in [3.05, 3.63) is 23.5 Å². The molecule has 1 saturated heterocycles. The SMILES string of the molecule is CCC1C=CC(OC2CN(C(=O)CCC(N)=O)C2)=C(C(=O)O)C1OBO. The van der Waals surface area contributed by atoms with Crippen LogP contribution in [-0.2, 0) is 23.8 Å². The van der Waals surface area contributed by atoms with Crippen molar-refractivity contribution in [2.24, 2.45) is 11.7 Å². The molecule has 142 valence electrons. The first-order chi connectivity index (χ1) is 12.4. The summed E-state index contributed by atoms with van der Waals surface area (Å²) in [5, 5.41) is 18.6. The quantitative estimate of drug-likeness (QED) is 0.448. The van der Waals surface area contributed by atoms with Gasteiger partial charge in [0.25, 0.3) is 0 Å². The van der Waals surface area contributed by atoms with E-state index in [1.807, 2.05) is 6.92 Å². The van der Waals surface area contributed by atoms with Gasteiger partial charge < -0.3 is 30.2 Å². The van der Waals surface area contributed by atoms with Gasteiger partial charge in [0.05, 0.1) is 19.2 Å². The van der Waals surface area contributed by atoms with Gasteiger partial charge >= 0.3 is 13.7 Å². The molecule has 0 aromatic heterocycles. The Hall–Kier alpha value is -2.33. The molecule has 2 unspecified atom stereocenters. The Bertz CT molecular complexity index is 628. The number of carbonyl (C=O) groups is 3. The number of rotatable bonds is 9. The Kier molecular flexibility index (Phi) is 6.81. The van der Waals surface area contributed by atoms with Crippen LogP contribution < -0.4 is 5.73 Å². The summed E-state index contributed by atoms with van der Waals surface area (Å²) in [4.78, 5) is 35.8. The fraction of sp³-hybridized carbons (Fsp3) is 0.562. The maximum absolute atomic E-state index is 11.9. The summed E-state index contributed by atoms with van der Waals surface area (Å²) in [6.07, 6.45) is 2.97. The van der Waals surface area contributed by atoms with Gasteiger partial charge in [-0.3, -0.25) is 9.59 Å². The molecule has 26 heavy (non-hydrogen) atoms. The Morgan fingerprint density at radius 2 is 2.04 bits per heavy atom. The molecule has 9 nitrogen and oxygen atoms in total. The van der Waals surface area contributed by atoms with Crippen molar-refractivity contribution in [3.8, 4) is 0 Å². The highest BCUT2D eigenvalue weighted by atomic mass is 16.5. The minimum Gasteiger partial charge on any atom is -0.486 e. The van der Waals surface area contributed by atoms with Gasteiger partial charge in [0.2, 0.25) is 11.8 Å². The lowest BCUT2D eigenvalue weighted by Gasteiger charge is -2.40. The molecule has 2 aliphatic rings. The predicted molar refractivity (Wildman–Crippen MR) is 91.7 cm³/mol. The summed E-state index contributed by atoms with van der Waals surface area (Å²) in [5.74, 6) is -1.89. The van der Waals surface area contributed by atoms with E-state index in [0.717, 1.165) is 0 Å². The van der Waals surface area contributed by atoms with E-state index < -0.39 is 25.7 Å². The highest BCUT2D eigenvalue weighted by Crippen LogP contribution is 2.31. The number of hydrogen-bond acceptors (Lipinski definition) is 6. The van der Waals surface area contributed by atoms with E-state index in [4.69, 9.17) is 20.1 Å². The Morgan fingerprint density at radius 1 is 1.35 bits per heavy atom. The Morgan fingerprint density at radius 3 is 2.58 bits per heavy atom. The summed E-state index contributed by atoms with van der Waals surface area (Å²) in [6, 6.07) is 0. The van der Waals surface area contributed by atoms with E-state index in [1.165, 1.54) is 4.90 Å². The maximum atomic E-state index is 11.9. The van der Waals surface area contributed by atoms with Crippen LogP contribution in [0.5, 0.6) is 0 Å². The van der Waals surface area contributed by atoms with Gasteiger partial charge in [-0.25, -0.2) is 4.79 Å². The minimum atomic E-state index is -1.17. The molecule has 0 aromatic carbocycles. The number of nitrogens with two attached hydrogens (primary N) is 1. The molecule has 0 spiro atoms. The molecule has 0 aromatic rings. The summed E-state index contributed by atoms with van der Waals surface area (Å²) < 4.78 is 11.0. The van der Waals surface area contributed by atoms with Gasteiger partial charge in [0, 0.05) is 18.8 Å². The summed E-state index contributed by atoms with van der Waals surface area (Å²) in [7, 11) is -0.593. The third-order valence-electron chi connectivity index (χ3n) is 4.47. The molecule has 4 N–H and O–H groups in total. The van der Waals surface area contributed by atoms with E-state index in [0.29, 0.717) is 19.5 Å². The lowest BCUT2D eigenvalue weighted by Crippen LogP contribution is -2.55. The van der Waals surface area contributed by atoms with Crippen LogP contribution in [0.1, 0.15) is 26.2 Å². The van der Waals surface area contributed by atoms with E-state index in [1.54, 1.807) is 12.2 Å². The second-order valence-electron chi connectivity index (χ2n) is 6.24. The molecule has 0 bridgehead atoms. The van der Waals surface area contributed by atoms with E-state index >= 15 is 0 Å². The Balaban J connectivity index is 2.00. The van der Waals surface area contributed by atoms with Crippen molar-refractivity contribution in [2.75, 3.05) is 13.1 Å². The first kappa shape index (κ1) is 20.0. The fourth-order valence-corrected chi connectivity index (χ4v) is 3.01. The molecule has 1 aliphatic heterocycles. The van der Waals surface area contributed by atoms with Gasteiger partial charge in [-0.05, 0) is 12.5 Å². The molecule has 1 fully saturated rings. The highest BCUT2D eigenvalue weighted by molar-refractivity contribution is 6.16. The monoisotopic (exact) mass is 366 g/mol. The van der Waals surface area contributed by atoms with Crippen LogP contribution in [0.2, 0.25) is 0 Å². The number of carboxylic acid groups (broad SMARTS) is 1. The first-order valence-electron chi connectivity index (χ1n) is 8.48. The second-order valence-corrected chi connectivity index (χ2v) is 6.24. The molecule has 0 radical (unpaired) electrons. The number of carbonyl (C=O) groups excluding carboxylic acids is 2. The number of likely N-dealkylation sites (tertiary alicyclic amines) is 1. The number of ether oxygens (including phenoxy) is 1. The Labute approximate surface area is 151 Å². The predicted octanol–water partition coefficient (Wildman–Crippen LogP) is -0.942. The molecule has 0 saturated carbocycles. The molecule has 2 rings (SSSR count). The fourth-order valence-electron chi connectivity index (χ4n) is 3.01. The van der Waals surface area contributed by atoms with Gasteiger partial charge in [0.15, 0.2) is 0 Å². The van der Waals surface area contributed by atoms with Crippen LogP contribution in [-0.4, -0.2) is 65.8 Å². The maximum Gasteiger partial charge on any atom is 0.435 e. The normalized spacial score (nSPS) is 22.8. The van der Waals surface area contributed by atoms with Crippen molar-refractivity contribution >= 4 is 25.5 Å². The van der Waals surface area contributed by atoms with Crippen LogP contribution >= 0.6 is 0 Å². The van der Waals surface area contributed by atoms with Crippen molar-refractivity contribution in [2.45, 2.75) is 38.4 Å². The number of allylic oxidation sites excluding steroid dienone is 1. The van der Waals surface area contributed by atoms with Crippen LogP contribution in [0.3, 0.4) is 0 Å². The average Bonchev–Trinajstić information content (AvgIpc) is 2.55. The third-order valence-corrected chi connectivity index (χ3v) is 4.47. The van der Waals surface area contributed by atoms with E-state index in [9.17, 15) is 19.5 Å². The molecule has 10 heteroatoms. The summed E-state index contributed by atoms with van der Waals surface area (Å²) in [5.41, 5.74) is 4.99. The van der Waals surface area contributed by atoms with Crippen molar-refractivity contribution in [1.29, 1.82) is 0 Å². The number of aliphatic carboxylic acids is 1. The van der Waals surface area contributed by atoms with Crippen molar-refractivity contribution in [3.63, 3.8) is 0 Å². The largest absolute Gasteiger partial charge is 0.486 e. The number of primary amides is 1. The van der Waals surface area contributed by atoms with Crippen molar-refractivity contribution < 1.29 is 33.9 Å². The zero-order valence-electron chi connectivity index (χ0n) is 14.6. The molecular formula is C16H23BN2O7. The van der Waals surface area contributed by atoms with E-state index in [2.05, 4.69) is 0 Å². The van der Waals surface area contributed by atoms with Crippen LogP contribution in [0, 0.1) is 5.92 Å². The number of carboxylic acids is 1. The number of hydrogen-bond donors (Lipinski definition) is 3. The summed E-state index contributed by atoms with van der Waals surface area (Å²) in [6.45, 7) is 2.52. The number of nitrogens with zero attached hydrogens (tertiary/aromatic N) is 1. The van der Waals surface area contributed by atoms with Crippen LogP contribution in [0.4, 0.5) is 0 Å². The zero-order chi connectivity index (χ0) is 19.3.